The number of aliphatic hydroxyl groups excluding tert-OH is 1. The van der Waals surface area contributed by atoms with Crippen LogP contribution in [0, 0.1) is 24.0 Å². The second-order valence-electron chi connectivity index (χ2n) is 4.46. The Bertz CT molecular complexity index is 589. The molecule has 2 aromatic rings. The molecule has 0 aliphatic rings. The van der Waals surface area contributed by atoms with Gasteiger partial charge in [-0.25, -0.2) is 0 Å². The third-order valence-corrected chi connectivity index (χ3v) is 2.68. The first-order valence-electron chi connectivity index (χ1n) is 5.76. The molecule has 19 heavy (non-hydrogen) atoms. The van der Waals surface area contributed by atoms with Gasteiger partial charge in [-0.05, 0) is 24.3 Å². The molecule has 1 unspecified atom stereocenters. The topological polar surface area (TPSA) is 94.1 Å². The highest BCUT2D eigenvalue weighted by Gasteiger charge is 2.16. The number of nitro groups is 1. The smallest absolute Gasteiger partial charge is 0.390 e. The van der Waals surface area contributed by atoms with Gasteiger partial charge in [0.2, 0.25) is 6.33 Å². The second kappa shape index (κ2) is 5.15. The van der Waals surface area contributed by atoms with E-state index in [1.807, 2.05) is 32.0 Å². The lowest BCUT2D eigenvalue weighted by atomic mass is 10.0. The molecule has 1 aromatic carbocycles. The number of benzene rings is 1. The number of aliphatic hydroxyl groups is 1. The van der Waals surface area contributed by atoms with Crippen LogP contribution in [0.1, 0.15) is 22.8 Å². The van der Waals surface area contributed by atoms with Crippen molar-refractivity contribution in [2.24, 2.45) is 0 Å². The minimum atomic E-state index is -0.778. The molecule has 7 heteroatoms. The fourth-order valence-corrected chi connectivity index (χ4v) is 1.94. The van der Waals surface area contributed by atoms with Crippen molar-refractivity contribution in [3.63, 3.8) is 0 Å². The summed E-state index contributed by atoms with van der Waals surface area (Å²) >= 11 is 0. The van der Waals surface area contributed by atoms with Gasteiger partial charge in [0.15, 0.2) is 0 Å². The summed E-state index contributed by atoms with van der Waals surface area (Å²) in [5.74, 6) is -0.465. The maximum Gasteiger partial charge on any atom is 0.490 e. The summed E-state index contributed by atoms with van der Waals surface area (Å²) < 4.78 is 1.26. The van der Waals surface area contributed by atoms with Crippen molar-refractivity contribution in [3.05, 3.63) is 51.3 Å². The maximum absolute atomic E-state index is 10.5. The van der Waals surface area contributed by atoms with Crippen molar-refractivity contribution in [2.75, 3.05) is 0 Å². The molecular weight excluding hydrogens is 248 g/mol. The van der Waals surface area contributed by atoms with E-state index < -0.39 is 17.0 Å². The highest BCUT2D eigenvalue weighted by Crippen LogP contribution is 2.18. The van der Waals surface area contributed by atoms with Crippen LogP contribution in [0.5, 0.6) is 0 Å². The van der Waals surface area contributed by atoms with Crippen LogP contribution in [0.3, 0.4) is 0 Å². The van der Waals surface area contributed by atoms with E-state index in [9.17, 15) is 15.2 Å². The van der Waals surface area contributed by atoms with E-state index in [0.717, 1.165) is 16.7 Å². The summed E-state index contributed by atoms with van der Waals surface area (Å²) in [5.41, 5.74) is 2.87. The summed E-state index contributed by atoms with van der Waals surface area (Å²) in [6.45, 7) is 4.02. The summed E-state index contributed by atoms with van der Waals surface area (Å²) in [4.78, 5) is 13.3. The zero-order valence-electron chi connectivity index (χ0n) is 10.6. The van der Waals surface area contributed by atoms with Gasteiger partial charge in [0, 0.05) is 5.10 Å². The highest BCUT2D eigenvalue weighted by molar-refractivity contribution is 5.29. The van der Waals surface area contributed by atoms with Gasteiger partial charge in [-0.3, -0.25) is 0 Å². The Hall–Kier alpha value is -2.28. The molecule has 100 valence electrons. The molecule has 1 heterocycles. The Morgan fingerprint density at radius 1 is 1.37 bits per heavy atom. The first-order valence-corrected chi connectivity index (χ1v) is 5.76. The lowest BCUT2D eigenvalue weighted by molar-refractivity contribution is -0.394. The molecule has 0 spiro atoms. The minimum absolute atomic E-state index is 0.129. The van der Waals surface area contributed by atoms with E-state index in [0.29, 0.717) is 0 Å². The van der Waals surface area contributed by atoms with Crippen LogP contribution < -0.4 is 0 Å². The van der Waals surface area contributed by atoms with E-state index in [4.69, 9.17) is 0 Å². The summed E-state index contributed by atoms with van der Waals surface area (Å²) in [5, 5.41) is 24.2. The number of hydrogen-bond donors (Lipinski definition) is 1. The molecule has 0 bridgehead atoms. The zero-order valence-corrected chi connectivity index (χ0v) is 10.6. The molecule has 1 aromatic heterocycles. The van der Waals surface area contributed by atoms with Crippen molar-refractivity contribution in [1.29, 1.82) is 0 Å². The standard InChI is InChI=1S/C12H14N4O3/c1-8-3-9(2)5-10(4-8)11(17)6-15-7-13-12(14-15)16(18)19/h3-5,7,11,17H,6H2,1-2H3. The summed E-state index contributed by atoms with van der Waals surface area (Å²) in [6, 6.07) is 5.77. The van der Waals surface area contributed by atoms with Gasteiger partial charge in [0.25, 0.3) is 0 Å². The van der Waals surface area contributed by atoms with Gasteiger partial charge in [0.1, 0.15) is 0 Å². The van der Waals surface area contributed by atoms with Gasteiger partial charge < -0.3 is 15.2 Å². The molecule has 0 aliphatic heterocycles. The molecule has 0 amide bonds. The number of aryl methyl sites for hydroxylation is 2. The highest BCUT2D eigenvalue weighted by atomic mass is 16.6. The molecule has 1 atom stereocenters. The van der Waals surface area contributed by atoms with Crippen LogP contribution in [-0.2, 0) is 6.54 Å². The average molecular weight is 262 g/mol. The first kappa shape index (κ1) is 13.2. The fourth-order valence-electron chi connectivity index (χ4n) is 1.94. The predicted octanol–water partition coefficient (Wildman–Crippen LogP) is 1.54. The quantitative estimate of drug-likeness (QED) is 0.666. The number of rotatable bonds is 4. The Labute approximate surface area is 109 Å². The third-order valence-electron chi connectivity index (χ3n) is 2.68. The van der Waals surface area contributed by atoms with Gasteiger partial charge >= 0.3 is 5.95 Å². The van der Waals surface area contributed by atoms with Gasteiger partial charge in [-0.1, -0.05) is 34.3 Å². The maximum atomic E-state index is 10.5. The molecule has 0 fully saturated rings. The van der Waals surface area contributed by atoms with Gasteiger partial charge in [0.05, 0.1) is 12.6 Å². The van der Waals surface area contributed by atoms with Crippen molar-refractivity contribution >= 4 is 5.95 Å². The van der Waals surface area contributed by atoms with Crippen molar-refractivity contribution < 1.29 is 10.0 Å². The van der Waals surface area contributed by atoms with E-state index in [-0.39, 0.29) is 6.54 Å². The van der Waals surface area contributed by atoms with Crippen LogP contribution in [-0.4, -0.2) is 24.8 Å². The number of nitrogens with zero attached hydrogens (tertiary/aromatic N) is 4. The van der Waals surface area contributed by atoms with Crippen molar-refractivity contribution in [3.8, 4) is 0 Å². The van der Waals surface area contributed by atoms with Crippen LogP contribution >= 0.6 is 0 Å². The van der Waals surface area contributed by atoms with E-state index in [1.54, 1.807) is 0 Å². The summed E-state index contributed by atoms with van der Waals surface area (Å²) in [7, 11) is 0. The van der Waals surface area contributed by atoms with Crippen LogP contribution in [0.4, 0.5) is 5.95 Å². The van der Waals surface area contributed by atoms with Crippen LogP contribution in [0.25, 0.3) is 0 Å². The number of aromatic nitrogens is 3. The Kier molecular flexibility index (Phi) is 3.57. The Morgan fingerprint density at radius 2 is 2.00 bits per heavy atom. The molecular formula is C12H14N4O3. The molecule has 0 aliphatic carbocycles. The Balaban J connectivity index is 2.15. The fraction of sp³-hybridized carbons (Fsp3) is 0.333. The lowest BCUT2D eigenvalue weighted by Crippen LogP contribution is -2.10. The molecule has 0 saturated carbocycles. The van der Waals surface area contributed by atoms with Crippen molar-refractivity contribution in [2.45, 2.75) is 26.5 Å². The van der Waals surface area contributed by atoms with E-state index >= 15 is 0 Å². The summed E-state index contributed by atoms with van der Waals surface area (Å²) in [6.07, 6.45) is 0.462. The second-order valence-corrected chi connectivity index (χ2v) is 4.46. The zero-order chi connectivity index (χ0) is 14.0. The molecule has 0 saturated heterocycles. The predicted molar refractivity (Wildman–Crippen MR) is 67.6 cm³/mol. The SMILES string of the molecule is Cc1cc(C)cc(C(O)Cn2cnc([N+](=O)[O-])n2)c1. The van der Waals surface area contributed by atoms with Gasteiger partial charge in [-0.2, -0.15) is 4.68 Å². The van der Waals surface area contributed by atoms with Crippen LogP contribution in [0.2, 0.25) is 0 Å². The normalized spacial score (nSPS) is 12.4. The largest absolute Gasteiger partial charge is 0.490 e. The minimum Gasteiger partial charge on any atom is -0.390 e. The third kappa shape index (κ3) is 3.14. The average Bonchev–Trinajstić information content (AvgIpc) is 2.76. The van der Waals surface area contributed by atoms with Crippen LogP contribution in [0.15, 0.2) is 24.5 Å². The number of hydrogen-bond acceptors (Lipinski definition) is 5. The van der Waals surface area contributed by atoms with Crippen molar-refractivity contribution in [1.82, 2.24) is 14.8 Å². The molecule has 1 N–H and O–H groups in total. The molecule has 7 nitrogen and oxygen atoms in total. The molecule has 0 radical (unpaired) electrons. The van der Waals surface area contributed by atoms with E-state index in [2.05, 4.69) is 10.1 Å². The van der Waals surface area contributed by atoms with Gasteiger partial charge in [-0.15, -0.1) is 0 Å². The lowest BCUT2D eigenvalue weighted by Gasteiger charge is -2.11. The first-order chi connectivity index (χ1) is 8.95. The molecule has 2 rings (SSSR count). The van der Waals surface area contributed by atoms with E-state index in [1.165, 1.54) is 11.0 Å². The monoisotopic (exact) mass is 262 g/mol. The Morgan fingerprint density at radius 3 is 2.53 bits per heavy atom.